The minimum absolute atomic E-state index is 0.326. The van der Waals surface area contributed by atoms with Crippen LogP contribution in [0.2, 0.25) is 0 Å². The third-order valence-electron chi connectivity index (χ3n) is 3.94. The highest BCUT2D eigenvalue weighted by Gasteiger charge is 2.34. The Hall–Kier alpha value is -1.36. The molecule has 0 N–H and O–H groups in total. The van der Waals surface area contributed by atoms with E-state index in [2.05, 4.69) is 28.5 Å². The molecule has 3 rings (SSSR count). The van der Waals surface area contributed by atoms with E-state index in [0.717, 1.165) is 51.3 Å². The molecule has 1 saturated carbocycles. The highest BCUT2D eigenvalue weighted by atomic mass is 16.2. The van der Waals surface area contributed by atoms with Crippen molar-refractivity contribution in [3.63, 3.8) is 0 Å². The standard InChI is InChI=1S/C14H22N4O/c1-16(2)10-12-9-15-13-5-6-17(7-8-18(12)13)14(19)11-3-4-11/h9,11H,3-8,10H2,1-2H3. The second kappa shape index (κ2) is 4.96. The van der Waals surface area contributed by atoms with Gasteiger partial charge in [0.2, 0.25) is 5.91 Å². The van der Waals surface area contributed by atoms with Crippen LogP contribution in [-0.2, 0) is 24.3 Å². The fourth-order valence-electron chi connectivity index (χ4n) is 2.75. The first-order chi connectivity index (χ1) is 9.15. The molecule has 1 aliphatic heterocycles. The molecule has 0 aromatic carbocycles. The normalized spacial score (nSPS) is 19.4. The molecule has 1 aromatic rings. The Bertz CT molecular complexity index is 476. The molecule has 0 bridgehead atoms. The van der Waals surface area contributed by atoms with Gasteiger partial charge in [-0.15, -0.1) is 0 Å². The molecule has 1 fully saturated rings. The molecule has 19 heavy (non-hydrogen) atoms. The van der Waals surface area contributed by atoms with Gasteiger partial charge < -0.3 is 14.4 Å². The first kappa shape index (κ1) is 12.7. The summed E-state index contributed by atoms with van der Waals surface area (Å²) in [5.41, 5.74) is 1.25. The Morgan fingerprint density at radius 2 is 2.16 bits per heavy atom. The van der Waals surface area contributed by atoms with E-state index >= 15 is 0 Å². The molecule has 104 valence electrons. The highest BCUT2D eigenvalue weighted by molar-refractivity contribution is 5.81. The quantitative estimate of drug-likeness (QED) is 0.807. The van der Waals surface area contributed by atoms with Gasteiger partial charge in [0, 0.05) is 44.7 Å². The molecule has 2 aliphatic rings. The van der Waals surface area contributed by atoms with Gasteiger partial charge in [-0.05, 0) is 26.9 Å². The lowest BCUT2D eigenvalue weighted by atomic mass is 10.3. The first-order valence-electron chi connectivity index (χ1n) is 7.12. The van der Waals surface area contributed by atoms with Crippen molar-refractivity contribution >= 4 is 5.91 Å². The zero-order valence-corrected chi connectivity index (χ0v) is 11.8. The predicted molar refractivity (Wildman–Crippen MR) is 72.6 cm³/mol. The Morgan fingerprint density at radius 1 is 1.37 bits per heavy atom. The van der Waals surface area contributed by atoms with Gasteiger partial charge in [-0.25, -0.2) is 4.98 Å². The number of rotatable bonds is 3. The fourth-order valence-corrected chi connectivity index (χ4v) is 2.75. The van der Waals surface area contributed by atoms with E-state index in [9.17, 15) is 4.79 Å². The summed E-state index contributed by atoms with van der Waals surface area (Å²) in [4.78, 5) is 20.8. The van der Waals surface area contributed by atoms with E-state index in [-0.39, 0.29) is 0 Å². The van der Waals surface area contributed by atoms with Crippen molar-refractivity contribution in [3.05, 3.63) is 17.7 Å². The average Bonchev–Trinajstić information content (AvgIpc) is 3.17. The van der Waals surface area contributed by atoms with Gasteiger partial charge in [0.1, 0.15) is 5.82 Å². The Balaban J connectivity index is 1.71. The van der Waals surface area contributed by atoms with E-state index < -0.39 is 0 Å². The van der Waals surface area contributed by atoms with Crippen LogP contribution < -0.4 is 0 Å². The third kappa shape index (κ3) is 2.66. The minimum atomic E-state index is 0.326. The van der Waals surface area contributed by atoms with Crippen LogP contribution in [0, 0.1) is 5.92 Å². The van der Waals surface area contributed by atoms with Crippen LogP contribution in [0.1, 0.15) is 24.4 Å². The number of carbonyl (C=O) groups is 1. The predicted octanol–water partition coefficient (Wildman–Crippen LogP) is 0.739. The molecule has 1 amide bonds. The SMILES string of the molecule is CN(C)Cc1cnc2n1CCN(C(=O)C1CC1)CC2. The van der Waals surface area contributed by atoms with Gasteiger partial charge in [-0.3, -0.25) is 4.79 Å². The number of hydrogen-bond acceptors (Lipinski definition) is 3. The van der Waals surface area contributed by atoms with Gasteiger partial charge in [-0.1, -0.05) is 0 Å². The molecular weight excluding hydrogens is 240 g/mol. The summed E-state index contributed by atoms with van der Waals surface area (Å²) < 4.78 is 2.29. The smallest absolute Gasteiger partial charge is 0.225 e. The molecule has 1 aromatic heterocycles. The summed E-state index contributed by atoms with van der Waals surface area (Å²) in [6.45, 7) is 3.45. The topological polar surface area (TPSA) is 41.4 Å². The molecule has 0 unspecified atom stereocenters. The number of hydrogen-bond donors (Lipinski definition) is 0. The van der Waals surface area contributed by atoms with Crippen LogP contribution in [0.15, 0.2) is 6.20 Å². The highest BCUT2D eigenvalue weighted by Crippen LogP contribution is 2.31. The molecule has 0 radical (unpaired) electrons. The molecule has 0 atom stereocenters. The number of fused-ring (bicyclic) bond motifs is 1. The first-order valence-corrected chi connectivity index (χ1v) is 7.12. The Kier molecular flexibility index (Phi) is 3.31. The van der Waals surface area contributed by atoms with E-state index in [1.807, 2.05) is 11.1 Å². The molecule has 1 aliphatic carbocycles. The maximum Gasteiger partial charge on any atom is 0.225 e. The van der Waals surface area contributed by atoms with E-state index in [1.54, 1.807) is 0 Å². The molecular formula is C14H22N4O. The van der Waals surface area contributed by atoms with Crippen molar-refractivity contribution in [2.75, 3.05) is 27.2 Å². The van der Waals surface area contributed by atoms with Crippen molar-refractivity contribution in [1.29, 1.82) is 0 Å². The summed E-state index contributed by atoms with van der Waals surface area (Å²) in [5.74, 6) is 1.81. The van der Waals surface area contributed by atoms with Crippen LogP contribution in [0.25, 0.3) is 0 Å². The van der Waals surface area contributed by atoms with Crippen LogP contribution in [-0.4, -0.2) is 52.4 Å². The van der Waals surface area contributed by atoms with Gasteiger partial charge >= 0.3 is 0 Å². The summed E-state index contributed by atoms with van der Waals surface area (Å²) in [6.07, 6.45) is 5.04. The van der Waals surface area contributed by atoms with Crippen molar-refractivity contribution in [2.45, 2.75) is 32.4 Å². The summed E-state index contributed by atoms with van der Waals surface area (Å²) in [5, 5.41) is 0. The van der Waals surface area contributed by atoms with Gasteiger partial charge in [0.15, 0.2) is 0 Å². The van der Waals surface area contributed by atoms with Crippen molar-refractivity contribution in [3.8, 4) is 0 Å². The Labute approximate surface area is 114 Å². The van der Waals surface area contributed by atoms with Crippen LogP contribution in [0.5, 0.6) is 0 Å². The Morgan fingerprint density at radius 3 is 2.84 bits per heavy atom. The van der Waals surface area contributed by atoms with E-state index in [4.69, 9.17) is 0 Å². The maximum atomic E-state index is 12.1. The largest absolute Gasteiger partial charge is 0.340 e. The monoisotopic (exact) mass is 262 g/mol. The molecule has 0 spiro atoms. The number of amides is 1. The zero-order chi connectivity index (χ0) is 13.4. The third-order valence-corrected chi connectivity index (χ3v) is 3.94. The molecule has 2 heterocycles. The second-order valence-corrected chi connectivity index (χ2v) is 5.90. The van der Waals surface area contributed by atoms with Gasteiger partial charge in [0.25, 0.3) is 0 Å². The van der Waals surface area contributed by atoms with Crippen LogP contribution in [0.4, 0.5) is 0 Å². The number of imidazole rings is 1. The summed E-state index contributed by atoms with van der Waals surface area (Å²) in [6, 6.07) is 0. The maximum absolute atomic E-state index is 12.1. The number of carbonyl (C=O) groups excluding carboxylic acids is 1. The lowest BCUT2D eigenvalue weighted by Gasteiger charge is -2.20. The summed E-state index contributed by atoms with van der Waals surface area (Å²) in [7, 11) is 4.14. The average molecular weight is 262 g/mol. The molecule has 5 heteroatoms. The van der Waals surface area contributed by atoms with Crippen molar-refractivity contribution < 1.29 is 4.79 Å². The van der Waals surface area contributed by atoms with Crippen molar-refractivity contribution in [2.24, 2.45) is 5.92 Å². The summed E-state index contributed by atoms with van der Waals surface area (Å²) >= 11 is 0. The molecule has 5 nitrogen and oxygen atoms in total. The van der Waals surface area contributed by atoms with Crippen molar-refractivity contribution in [1.82, 2.24) is 19.4 Å². The second-order valence-electron chi connectivity index (χ2n) is 5.90. The fraction of sp³-hybridized carbons (Fsp3) is 0.714. The number of nitrogens with zero attached hydrogens (tertiary/aromatic N) is 4. The van der Waals surface area contributed by atoms with E-state index in [0.29, 0.717) is 11.8 Å². The van der Waals surface area contributed by atoms with Gasteiger partial charge in [0.05, 0.1) is 5.69 Å². The van der Waals surface area contributed by atoms with Gasteiger partial charge in [-0.2, -0.15) is 0 Å². The lowest BCUT2D eigenvalue weighted by molar-refractivity contribution is -0.132. The molecule has 0 saturated heterocycles. The van der Waals surface area contributed by atoms with E-state index in [1.165, 1.54) is 5.69 Å². The minimum Gasteiger partial charge on any atom is -0.340 e. The number of aromatic nitrogens is 2. The zero-order valence-electron chi connectivity index (χ0n) is 11.8. The van der Waals surface area contributed by atoms with Crippen LogP contribution >= 0.6 is 0 Å². The lowest BCUT2D eigenvalue weighted by Crippen LogP contribution is -2.34. The van der Waals surface area contributed by atoms with Crippen LogP contribution in [0.3, 0.4) is 0 Å².